The van der Waals surface area contributed by atoms with E-state index in [1.807, 2.05) is 6.07 Å². The molecule has 2 aliphatic rings. The van der Waals surface area contributed by atoms with Crippen molar-refractivity contribution in [1.82, 2.24) is 4.98 Å². The maximum absolute atomic E-state index is 12.5. The van der Waals surface area contributed by atoms with Crippen molar-refractivity contribution in [1.29, 1.82) is 0 Å². The molecule has 1 saturated heterocycles. The van der Waals surface area contributed by atoms with E-state index in [9.17, 15) is 4.79 Å². The van der Waals surface area contributed by atoms with Gasteiger partial charge in [0.2, 0.25) is 0 Å². The van der Waals surface area contributed by atoms with Crippen molar-refractivity contribution in [3.63, 3.8) is 0 Å². The lowest BCUT2D eigenvalue weighted by Gasteiger charge is -2.35. The summed E-state index contributed by atoms with van der Waals surface area (Å²) in [5.74, 6) is 0.253. The number of fused-ring (bicyclic) bond motifs is 1. The number of thiazole rings is 1. The molecular weight excluding hydrogens is 332 g/mol. The molecule has 0 unspecified atom stereocenters. The smallest absolute Gasteiger partial charge is 0.186 e. The van der Waals surface area contributed by atoms with Gasteiger partial charge in [0.05, 0.1) is 29.8 Å². The minimum Gasteiger partial charge on any atom is -0.377 e. The van der Waals surface area contributed by atoms with Crippen molar-refractivity contribution >= 4 is 22.3 Å². The summed E-state index contributed by atoms with van der Waals surface area (Å²) >= 11 is 1.57. The van der Waals surface area contributed by atoms with Gasteiger partial charge in [0.25, 0.3) is 0 Å². The molecule has 0 amide bonds. The van der Waals surface area contributed by atoms with Crippen LogP contribution in [0.2, 0.25) is 0 Å². The van der Waals surface area contributed by atoms with Gasteiger partial charge in [0, 0.05) is 13.0 Å². The average molecular weight is 356 g/mol. The molecule has 2 aromatic rings. The van der Waals surface area contributed by atoms with Crippen molar-refractivity contribution in [2.75, 3.05) is 24.7 Å². The molecule has 1 fully saturated rings. The summed E-state index contributed by atoms with van der Waals surface area (Å²) in [7, 11) is 0. The van der Waals surface area contributed by atoms with Crippen LogP contribution >= 0.6 is 11.3 Å². The Kier molecular flexibility index (Phi) is 4.38. The molecule has 132 valence electrons. The van der Waals surface area contributed by atoms with Gasteiger partial charge >= 0.3 is 0 Å². The number of aromatic nitrogens is 1. The zero-order valence-electron chi connectivity index (χ0n) is 14.8. The molecule has 0 spiro atoms. The summed E-state index contributed by atoms with van der Waals surface area (Å²) in [4.78, 5) is 20.6. The minimum absolute atomic E-state index is 0.0177. The van der Waals surface area contributed by atoms with Gasteiger partial charge < -0.3 is 9.64 Å². The van der Waals surface area contributed by atoms with Crippen LogP contribution < -0.4 is 4.90 Å². The molecule has 0 radical (unpaired) electrons. The summed E-state index contributed by atoms with van der Waals surface area (Å²) in [6.07, 6.45) is 2.45. The number of rotatable bonds is 3. The van der Waals surface area contributed by atoms with Crippen molar-refractivity contribution in [3.05, 3.63) is 46.5 Å². The second kappa shape index (κ2) is 6.54. The normalized spacial score (nSPS) is 22.7. The van der Waals surface area contributed by atoms with E-state index in [1.54, 1.807) is 11.3 Å². The maximum Gasteiger partial charge on any atom is 0.186 e. The van der Waals surface area contributed by atoms with Gasteiger partial charge in [-0.1, -0.05) is 55.5 Å². The van der Waals surface area contributed by atoms with E-state index in [2.05, 4.69) is 43.0 Å². The SMILES string of the molecule is CC1(C)CC(=O)c2sc(N3CCOC[C@H]3Cc3ccccc3)nc2C1. The number of hydrogen-bond acceptors (Lipinski definition) is 5. The molecule has 1 atom stereocenters. The highest BCUT2D eigenvalue weighted by Gasteiger charge is 2.35. The molecule has 2 heterocycles. The number of carbonyl (C=O) groups excluding carboxylic acids is 1. The van der Waals surface area contributed by atoms with Gasteiger partial charge in [-0.05, 0) is 23.8 Å². The van der Waals surface area contributed by atoms with Crippen LogP contribution in [0.25, 0.3) is 0 Å². The summed E-state index contributed by atoms with van der Waals surface area (Å²) in [5, 5.41) is 0.986. The first-order chi connectivity index (χ1) is 12.0. The molecule has 4 nitrogen and oxygen atoms in total. The van der Waals surface area contributed by atoms with E-state index < -0.39 is 0 Å². The quantitative estimate of drug-likeness (QED) is 0.840. The Bertz CT molecular complexity index is 769. The Morgan fingerprint density at radius 3 is 2.88 bits per heavy atom. The van der Waals surface area contributed by atoms with Crippen molar-refractivity contribution < 1.29 is 9.53 Å². The molecule has 1 aromatic carbocycles. The molecule has 0 saturated carbocycles. The predicted molar refractivity (Wildman–Crippen MR) is 101 cm³/mol. The first-order valence-electron chi connectivity index (χ1n) is 8.93. The average Bonchev–Trinajstić information content (AvgIpc) is 2.99. The Labute approximate surface area is 152 Å². The highest BCUT2D eigenvalue weighted by molar-refractivity contribution is 7.17. The first kappa shape index (κ1) is 16.7. The van der Waals surface area contributed by atoms with E-state index >= 15 is 0 Å². The standard InChI is InChI=1S/C20H24N2O2S/c1-20(2)11-16-18(17(23)12-20)25-19(21-16)22-8-9-24-13-15(22)10-14-6-4-3-5-7-14/h3-7,15H,8-13H2,1-2H3/t15-/m1/s1. The number of hydrogen-bond donors (Lipinski definition) is 0. The van der Waals surface area contributed by atoms with Crippen molar-refractivity contribution in [2.24, 2.45) is 5.41 Å². The predicted octanol–water partition coefficient (Wildman–Crippen LogP) is 3.75. The fourth-order valence-corrected chi connectivity index (χ4v) is 4.91. The van der Waals surface area contributed by atoms with Gasteiger partial charge in [-0.15, -0.1) is 0 Å². The third kappa shape index (κ3) is 3.48. The minimum atomic E-state index is 0.0177. The number of carbonyl (C=O) groups is 1. The van der Waals surface area contributed by atoms with E-state index in [0.29, 0.717) is 13.0 Å². The number of nitrogens with zero attached hydrogens (tertiary/aromatic N) is 2. The molecular formula is C20H24N2O2S. The fraction of sp³-hybridized carbons (Fsp3) is 0.500. The third-order valence-corrected chi connectivity index (χ3v) is 6.19. The van der Waals surface area contributed by atoms with Crippen LogP contribution in [0.3, 0.4) is 0 Å². The largest absolute Gasteiger partial charge is 0.377 e. The Morgan fingerprint density at radius 2 is 2.08 bits per heavy atom. The number of ketones is 1. The molecule has 4 rings (SSSR count). The molecule has 1 aliphatic carbocycles. The molecule has 1 aromatic heterocycles. The topological polar surface area (TPSA) is 42.4 Å². The molecule has 5 heteroatoms. The number of benzene rings is 1. The summed E-state index contributed by atoms with van der Waals surface area (Å²) < 4.78 is 5.73. The molecule has 0 N–H and O–H groups in total. The zero-order chi connectivity index (χ0) is 17.4. The van der Waals surface area contributed by atoms with Crippen molar-refractivity contribution in [3.8, 4) is 0 Å². The van der Waals surface area contributed by atoms with Crippen LogP contribution in [0, 0.1) is 5.41 Å². The van der Waals surface area contributed by atoms with E-state index in [-0.39, 0.29) is 17.2 Å². The van der Waals surface area contributed by atoms with Gasteiger partial charge in [-0.25, -0.2) is 4.98 Å². The first-order valence-corrected chi connectivity index (χ1v) is 9.75. The Hall–Kier alpha value is -1.72. The molecule has 1 aliphatic heterocycles. The number of ether oxygens (including phenoxy) is 1. The van der Waals surface area contributed by atoms with E-state index in [1.165, 1.54) is 5.56 Å². The lowest BCUT2D eigenvalue weighted by atomic mass is 9.78. The summed E-state index contributed by atoms with van der Waals surface area (Å²) in [6, 6.07) is 10.8. The van der Waals surface area contributed by atoms with Gasteiger partial charge in [-0.3, -0.25) is 4.79 Å². The zero-order valence-corrected chi connectivity index (χ0v) is 15.6. The van der Waals surface area contributed by atoms with Gasteiger partial charge in [-0.2, -0.15) is 0 Å². The number of anilines is 1. The van der Waals surface area contributed by atoms with Crippen LogP contribution in [0.15, 0.2) is 30.3 Å². The lowest BCUT2D eigenvalue weighted by molar-refractivity contribution is 0.0915. The lowest BCUT2D eigenvalue weighted by Crippen LogP contribution is -2.46. The van der Waals surface area contributed by atoms with E-state index in [4.69, 9.17) is 9.72 Å². The van der Waals surface area contributed by atoms with Crippen molar-refractivity contribution in [2.45, 2.75) is 39.2 Å². The second-order valence-corrected chi connectivity index (χ2v) is 8.80. The fourth-order valence-electron chi connectivity index (χ4n) is 3.79. The Morgan fingerprint density at radius 1 is 1.28 bits per heavy atom. The Balaban J connectivity index is 1.60. The second-order valence-electron chi connectivity index (χ2n) is 7.83. The maximum atomic E-state index is 12.5. The number of morpholine rings is 1. The summed E-state index contributed by atoms with van der Waals surface area (Å²) in [6.45, 7) is 6.56. The van der Waals surface area contributed by atoms with Crippen LogP contribution in [0.4, 0.5) is 5.13 Å². The molecule has 25 heavy (non-hydrogen) atoms. The van der Waals surface area contributed by atoms with Crippen LogP contribution in [-0.4, -0.2) is 36.6 Å². The molecule has 0 bridgehead atoms. The monoisotopic (exact) mass is 356 g/mol. The van der Waals surface area contributed by atoms with Crippen LogP contribution in [0.1, 0.15) is 41.2 Å². The van der Waals surface area contributed by atoms with Gasteiger partial charge in [0.1, 0.15) is 0 Å². The highest BCUT2D eigenvalue weighted by atomic mass is 32.1. The van der Waals surface area contributed by atoms with Crippen LogP contribution in [-0.2, 0) is 17.6 Å². The number of Topliss-reactive ketones (excluding diaryl/α,β-unsaturated/α-hetero) is 1. The van der Waals surface area contributed by atoms with Crippen LogP contribution in [0.5, 0.6) is 0 Å². The summed E-state index contributed by atoms with van der Waals surface area (Å²) in [5.41, 5.74) is 2.32. The van der Waals surface area contributed by atoms with E-state index in [0.717, 1.165) is 41.7 Å². The van der Waals surface area contributed by atoms with Gasteiger partial charge in [0.15, 0.2) is 10.9 Å². The highest BCUT2D eigenvalue weighted by Crippen LogP contribution is 2.40. The third-order valence-electron chi connectivity index (χ3n) is 5.01.